The van der Waals surface area contributed by atoms with Crippen molar-refractivity contribution in [2.45, 2.75) is 68.1 Å². The van der Waals surface area contributed by atoms with Crippen molar-refractivity contribution >= 4 is 41.2 Å². The van der Waals surface area contributed by atoms with Crippen LogP contribution in [0, 0.1) is 0 Å². The van der Waals surface area contributed by atoms with Crippen LogP contribution in [-0.2, 0) is 20.8 Å². The van der Waals surface area contributed by atoms with Gasteiger partial charge in [0.2, 0.25) is 17.0 Å². The topological polar surface area (TPSA) is 140 Å². The molecule has 1 aliphatic carbocycles. The van der Waals surface area contributed by atoms with Crippen molar-refractivity contribution in [3.63, 3.8) is 0 Å². The van der Waals surface area contributed by atoms with E-state index in [0.29, 0.717) is 5.16 Å². The molecule has 0 aliphatic heterocycles. The van der Waals surface area contributed by atoms with Gasteiger partial charge in [0.1, 0.15) is 12.9 Å². The second kappa shape index (κ2) is 15.6. The number of carbonyl (C=O) groups is 3. The first kappa shape index (κ1) is 29.7. The quantitative estimate of drug-likeness (QED) is 0.157. The molecule has 10 nitrogen and oxygen atoms in total. The third-order valence-electron chi connectivity index (χ3n) is 5.81. The summed E-state index contributed by atoms with van der Waals surface area (Å²) in [4.78, 5) is 44.4. The number of aromatic amines is 1. The Bertz CT molecular complexity index is 1050. The van der Waals surface area contributed by atoms with Gasteiger partial charge in [-0.3, -0.25) is 19.5 Å². The SMILES string of the molecule is CC(C)SCN(CC(=O)N[C@@H]1C=CCCC1)C(=O)[C@@H](O)[C@H](Cc1ccccc1)NC(=O)CSc1nc[nH]n1. The normalized spacial score (nSPS) is 16.6. The van der Waals surface area contributed by atoms with Crippen molar-refractivity contribution in [3.8, 4) is 0 Å². The first-order valence-electron chi connectivity index (χ1n) is 12.7. The molecule has 1 aliphatic rings. The van der Waals surface area contributed by atoms with E-state index < -0.39 is 18.1 Å². The molecule has 206 valence electrons. The molecule has 1 aromatic heterocycles. The van der Waals surface area contributed by atoms with E-state index in [1.165, 1.54) is 23.0 Å². The fourth-order valence-corrected chi connectivity index (χ4v) is 5.18. The summed E-state index contributed by atoms with van der Waals surface area (Å²) < 4.78 is 0. The van der Waals surface area contributed by atoms with Crippen molar-refractivity contribution < 1.29 is 19.5 Å². The number of carbonyl (C=O) groups excluding carboxylic acids is 3. The maximum atomic E-state index is 13.5. The molecule has 0 unspecified atom stereocenters. The first-order valence-corrected chi connectivity index (χ1v) is 14.7. The fraction of sp³-hybridized carbons (Fsp3) is 0.500. The third-order valence-corrected chi connectivity index (χ3v) is 7.80. The van der Waals surface area contributed by atoms with E-state index in [2.05, 4.69) is 25.8 Å². The highest BCUT2D eigenvalue weighted by Crippen LogP contribution is 2.16. The van der Waals surface area contributed by atoms with Crippen LogP contribution in [0.1, 0.15) is 38.7 Å². The molecular weight excluding hydrogens is 524 g/mol. The Kier molecular flexibility index (Phi) is 12.2. The van der Waals surface area contributed by atoms with Crippen LogP contribution >= 0.6 is 23.5 Å². The number of thioether (sulfide) groups is 2. The smallest absolute Gasteiger partial charge is 0.254 e. The average molecular weight is 561 g/mol. The molecule has 3 atom stereocenters. The minimum absolute atomic E-state index is 0.0221. The lowest BCUT2D eigenvalue weighted by molar-refractivity contribution is -0.144. The van der Waals surface area contributed by atoms with Crippen LogP contribution in [0.25, 0.3) is 0 Å². The number of H-pyrrole nitrogens is 1. The molecule has 3 amide bonds. The number of amides is 3. The Morgan fingerprint density at radius 3 is 2.66 bits per heavy atom. The maximum Gasteiger partial charge on any atom is 0.254 e. The van der Waals surface area contributed by atoms with Gasteiger partial charge in [-0.1, -0.05) is 68.1 Å². The van der Waals surface area contributed by atoms with Gasteiger partial charge >= 0.3 is 0 Å². The molecule has 0 radical (unpaired) electrons. The van der Waals surface area contributed by atoms with Crippen molar-refractivity contribution in [2.75, 3.05) is 18.2 Å². The molecule has 12 heteroatoms. The Balaban J connectivity index is 1.70. The van der Waals surface area contributed by atoms with E-state index in [1.807, 2.05) is 56.3 Å². The van der Waals surface area contributed by atoms with Crippen molar-refractivity contribution in [1.29, 1.82) is 0 Å². The molecule has 2 aromatic rings. The third kappa shape index (κ3) is 10.1. The van der Waals surface area contributed by atoms with Gasteiger partial charge < -0.3 is 20.6 Å². The van der Waals surface area contributed by atoms with Gasteiger partial charge in [0.05, 0.1) is 17.7 Å². The van der Waals surface area contributed by atoms with Gasteiger partial charge in [0.15, 0.2) is 6.10 Å². The molecule has 38 heavy (non-hydrogen) atoms. The van der Waals surface area contributed by atoms with Gasteiger partial charge in [-0.2, -0.15) is 0 Å². The summed E-state index contributed by atoms with van der Waals surface area (Å²) in [5.74, 6) is -0.978. The molecule has 3 rings (SSSR count). The van der Waals surface area contributed by atoms with E-state index in [9.17, 15) is 19.5 Å². The Hall–Kier alpha value is -2.83. The number of hydrogen-bond donors (Lipinski definition) is 4. The number of aliphatic hydroxyl groups is 1. The lowest BCUT2D eigenvalue weighted by Gasteiger charge is -2.30. The summed E-state index contributed by atoms with van der Waals surface area (Å²) >= 11 is 2.64. The predicted octanol–water partition coefficient (Wildman–Crippen LogP) is 2.14. The number of benzene rings is 1. The molecule has 0 fully saturated rings. The first-order chi connectivity index (χ1) is 18.3. The highest BCUT2D eigenvalue weighted by molar-refractivity contribution is 8.00. The van der Waals surface area contributed by atoms with Gasteiger partial charge in [-0.15, -0.1) is 16.9 Å². The van der Waals surface area contributed by atoms with Crippen molar-refractivity contribution in [3.05, 3.63) is 54.4 Å². The highest BCUT2D eigenvalue weighted by Gasteiger charge is 2.32. The number of nitrogens with one attached hydrogen (secondary N) is 3. The largest absolute Gasteiger partial charge is 0.381 e. The summed E-state index contributed by atoms with van der Waals surface area (Å²) in [5, 5.41) is 24.1. The van der Waals surface area contributed by atoms with E-state index in [1.54, 1.807) is 0 Å². The van der Waals surface area contributed by atoms with Crippen LogP contribution in [-0.4, -0.2) is 84.5 Å². The Labute approximate surface area is 231 Å². The number of aliphatic hydroxyl groups excluding tert-OH is 1. The molecule has 0 spiro atoms. The van der Waals surface area contributed by atoms with E-state index >= 15 is 0 Å². The molecule has 1 heterocycles. The monoisotopic (exact) mass is 560 g/mol. The number of rotatable bonds is 14. The lowest BCUT2D eigenvalue weighted by Crippen LogP contribution is -2.54. The van der Waals surface area contributed by atoms with Crippen LogP contribution in [0.5, 0.6) is 0 Å². The van der Waals surface area contributed by atoms with E-state index in [-0.39, 0.29) is 47.7 Å². The average Bonchev–Trinajstić information content (AvgIpc) is 3.43. The van der Waals surface area contributed by atoms with Crippen LogP contribution in [0.2, 0.25) is 0 Å². The standard InChI is InChI=1S/C26H36N6O4S2/c1-18(2)38-17-32(14-22(33)29-20-11-7-4-8-12-20)25(36)24(35)21(13-19-9-5-3-6-10-19)30-23(34)15-37-26-27-16-28-31-26/h3,5-7,9-11,16,18,20-21,24,35H,4,8,12-15,17H2,1-2H3,(H,29,33)(H,30,34)(H,27,28,31)/t20-,21+,24+/m1/s1. The predicted molar refractivity (Wildman–Crippen MR) is 149 cm³/mol. The second-order valence-electron chi connectivity index (χ2n) is 9.29. The summed E-state index contributed by atoms with van der Waals surface area (Å²) in [6.45, 7) is 3.83. The van der Waals surface area contributed by atoms with E-state index in [0.717, 1.165) is 36.6 Å². The second-order valence-corrected chi connectivity index (χ2v) is 11.8. The van der Waals surface area contributed by atoms with Crippen LogP contribution in [0.15, 0.2) is 54.0 Å². The van der Waals surface area contributed by atoms with Gasteiger partial charge in [-0.25, -0.2) is 4.98 Å². The molecule has 4 N–H and O–H groups in total. The maximum absolute atomic E-state index is 13.5. The number of nitrogens with zero attached hydrogens (tertiary/aromatic N) is 3. The number of allylic oxidation sites excluding steroid dienone is 1. The number of hydrogen-bond acceptors (Lipinski definition) is 8. The van der Waals surface area contributed by atoms with Crippen LogP contribution in [0.3, 0.4) is 0 Å². The van der Waals surface area contributed by atoms with Crippen molar-refractivity contribution in [1.82, 2.24) is 30.7 Å². The van der Waals surface area contributed by atoms with Gasteiger partial charge in [0.25, 0.3) is 5.91 Å². The Morgan fingerprint density at radius 2 is 2.00 bits per heavy atom. The molecule has 0 saturated carbocycles. The minimum atomic E-state index is -1.54. The lowest BCUT2D eigenvalue weighted by atomic mass is 10.00. The zero-order valence-corrected chi connectivity index (χ0v) is 23.3. The molecule has 0 saturated heterocycles. The highest BCUT2D eigenvalue weighted by atomic mass is 32.2. The molecule has 0 bridgehead atoms. The minimum Gasteiger partial charge on any atom is -0.381 e. The zero-order chi connectivity index (χ0) is 27.3. The van der Waals surface area contributed by atoms with Gasteiger partial charge in [0, 0.05) is 11.3 Å². The Morgan fingerprint density at radius 1 is 1.21 bits per heavy atom. The number of aromatic nitrogens is 3. The van der Waals surface area contributed by atoms with Crippen molar-refractivity contribution in [2.24, 2.45) is 0 Å². The molecular formula is C26H36N6O4S2. The zero-order valence-electron chi connectivity index (χ0n) is 21.7. The van der Waals surface area contributed by atoms with E-state index in [4.69, 9.17) is 0 Å². The summed E-state index contributed by atoms with van der Waals surface area (Å²) in [7, 11) is 0. The summed E-state index contributed by atoms with van der Waals surface area (Å²) in [6, 6.07) is 8.39. The molecule has 1 aromatic carbocycles. The van der Waals surface area contributed by atoms with Crippen LogP contribution in [0.4, 0.5) is 0 Å². The summed E-state index contributed by atoms with van der Waals surface area (Å²) in [6.07, 6.45) is 7.01. The summed E-state index contributed by atoms with van der Waals surface area (Å²) in [5.41, 5.74) is 0.858. The van der Waals surface area contributed by atoms with Crippen LogP contribution < -0.4 is 10.6 Å². The fourth-order valence-electron chi connectivity index (χ4n) is 3.90. The van der Waals surface area contributed by atoms with Gasteiger partial charge in [-0.05, 0) is 31.2 Å².